The zero-order valence-corrected chi connectivity index (χ0v) is 16.5. The molecule has 0 radical (unpaired) electrons. The van der Waals surface area contributed by atoms with Gasteiger partial charge in [0.25, 0.3) is 0 Å². The largest absolute Gasteiger partial charge is 0.491 e. The maximum atomic E-state index is 7.38. The molecule has 0 saturated carbocycles. The molecule has 0 amide bonds. The second-order valence-electron chi connectivity index (χ2n) is 6.99. The summed E-state index contributed by atoms with van der Waals surface area (Å²) >= 11 is 0. The highest BCUT2D eigenvalue weighted by Crippen LogP contribution is 2.32. The Bertz CT molecular complexity index is 536. The minimum atomic E-state index is 0.603. The molecule has 1 aromatic rings. The van der Waals surface area contributed by atoms with Gasteiger partial charge in [-0.2, -0.15) is 5.11 Å². The Kier molecular flexibility index (Phi) is 9.90. The van der Waals surface area contributed by atoms with Gasteiger partial charge in [-0.15, -0.1) is 6.58 Å². The molecule has 1 unspecified atom stereocenters. The molecule has 4 nitrogen and oxygen atoms in total. The fourth-order valence-corrected chi connectivity index (χ4v) is 2.82. The molecule has 0 spiro atoms. The van der Waals surface area contributed by atoms with E-state index in [1.54, 1.807) is 0 Å². The van der Waals surface area contributed by atoms with Crippen molar-refractivity contribution in [2.45, 2.75) is 59.8 Å². The van der Waals surface area contributed by atoms with E-state index in [0.29, 0.717) is 18.2 Å². The van der Waals surface area contributed by atoms with Gasteiger partial charge in [0.05, 0.1) is 6.61 Å². The summed E-state index contributed by atoms with van der Waals surface area (Å²) in [6, 6.07) is 5.97. The highest BCUT2D eigenvalue weighted by atomic mass is 16.5. The SMILES string of the molecule is C=C(C)CCC(C)CCOc1cc(N(CCC)CCC)ccc1N=N. The first-order valence-electron chi connectivity index (χ1n) is 9.55. The van der Waals surface area contributed by atoms with Crippen LogP contribution in [0.4, 0.5) is 11.4 Å². The Morgan fingerprint density at radius 3 is 2.48 bits per heavy atom. The normalized spacial score (nSPS) is 11.8. The summed E-state index contributed by atoms with van der Waals surface area (Å²) in [5.74, 6) is 1.32. The molecular formula is C21H35N3O. The molecule has 0 bridgehead atoms. The number of ether oxygens (including phenoxy) is 1. The Morgan fingerprint density at radius 1 is 1.24 bits per heavy atom. The number of hydrogen-bond donors (Lipinski definition) is 1. The quantitative estimate of drug-likeness (QED) is 0.318. The third-order valence-corrected chi connectivity index (χ3v) is 4.35. The van der Waals surface area contributed by atoms with E-state index in [9.17, 15) is 0 Å². The number of benzene rings is 1. The van der Waals surface area contributed by atoms with Crippen molar-refractivity contribution in [2.75, 3.05) is 24.6 Å². The van der Waals surface area contributed by atoms with Gasteiger partial charge in [-0.25, -0.2) is 5.53 Å². The maximum Gasteiger partial charge on any atom is 0.148 e. The van der Waals surface area contributed by atoms with Crippen LogP contribution in [0.5, 0.6) is 5.75 Å². The molecule has 25 heavy (non-hydrogen) atoms. The van der Waals surface area contributed by atoms with Crippen molar-refractivity contribution >= 4 is 11.4 Å². The molecule has 0 aliphatic rings. The van der Waals surface area contributed by atoms with Gasteiger partial charge in [0, 0.05) is 24.8 Å². The topological polar surface area (TPSA) is 48.7 Å². The monoisotopic (exact) mass is 345 g/mol. The van der Waals surface area contributed by atoms with Crippen LogP contribution in [0.15, 0.2) is 35.5 Å². The zero-order chi connectivity index (χ0) is 18.7. The average Bonchev–Trinajstić information content (AvgIpc) is 2.59. The summed E-state index contributed by atoms with van der Waals surface area (Å²) < 4.78 is 5.99. The maximum absolute atomic E-state index is 7.38. The van der Waals surface area contributed by atoms with Crippen LogP contribution in [0.2, 0.25) is 0 Å². The third kappa shape index (κ3) is 7.72. The van der Waals surface area contributed by atoms with Crippen LogP contribution in [-0.4, -0.2) is 19.7 Å². The molecular weight excluding hydrogens is 310 g/mol. The fraction of sp³-hybridized carbons (Fsp3) is 0.619. The summed E-state index contributed by atoms with van der Waals surface area (Å²) in [4.78, 5) is 2.37. The third-order valence-electron chi connectivity index (χ3n) is 4.35. The first-order chi connectivity index (χ1) is 12.0. The number of hydrogen-bond acceptors (Lipinski definition) is 4. The molecule has 1 aromatic carbocycles. The predicted octanol–water partition coefficient (Wildman–Crippen LogP) is 6.74. The van der Waals surface area contributed by atoms with Crippen molar-refractivity contribution in [3.63, 3.8) is 0 Å². The number of rotatable bonds is 13. The Morgan fingerprint density at radius 2 is 1.92 bits per heavy atom. The first-order valence-corrected chi connectivity index (χ1v) is 9.55. The predicted molar refractivity (Wildman–Crippen MR) is 107 cm³/mol. The summed E-state index contributed by atoms with van der Waals surface area (Å²) in [7, 11) is 0. The number of allylic oxidation sites excluding steroid dienone is 1. The first kappa shape index (κ1) is 21.2. The average molecular weight is 346 g/mol. The minimum Gasteiger partial charge on any atom is -0.491 e. The molecule has 0 heterocycles. The molecule has 1 N–H and O–H groups in total. The summed E-state index contributed by atoms with van der Waals surface area (Å²) in [6.45, 7) is 15.4. The molecule has 0 aromatic heterocycles. The lowest BCUT2D eigenvalue weighted by molar-refractivity contribution is 0.280. The van der Waals surface area contributed by atoms with Crippen LogP contribution in [0.1, 0.15) is 59.8 Å². The van der Waals surface area contributed by atoms with E-state index in [0.717, 1.165) is 56.6 Å². The molecule has 0 fully saturated rings. The van der Waals surface area contributed by atoms with Crippen LogP contribution >= 0.6 is 0 Å². The molecule has 0 saturated heterocycles. The van der Waals surface area contributed by atoms with E-state index in [1.807, 2.05) is 18.2 Å². The van der Waals surface area contributed by atoms with Crippen molar-refractivity contribution in [1.29, 1.82) is 5.53 Å². The van der Waals surface area contributed by atoms with Crippen LogP contribution in [0, 0.1) is 11.4 Å². The summed E-state index contributed by atoms with van der Waals surface area (Å²) in [5.41, 5.74) is 10.4. The van der Waals surface area contributed by atoms with Crippen LogP contribution in [0.25, 0.3) is 0 Å². The second kappa shape index (κ2) is 11.7. The van der Waals surface area contributed by atoms with Gasteiger partial charge in [0.15, 0.2) is 0 Å². The van der Waals surface area contributed by atoms with Crippen LogP contribution < -0.4 is 9.64 Å². The highest BCUT2D eigenvalue weighted by molar-refractivity contribution is 5.61. The molecule has 0 aliphatic carbocycles. The van der Waals surface area contributed by atoms with Crippen LogP contribution in [0.3, 0.4) is 0 Å². The number of anilines is 1. The Labute approximate surface area is 153 Å². The van der Waals surface area contributed by atoms with Gasteiger partial charge in [-0.1, -0.05) is 26.3 Å². The summed E-state index contributed by atoms with van der Waals surface area (Å²) in [6.07, 6.45) is 5.45. The van der Waals surface area contributed by atoms with E-state index in [4.69, 9.17) is 10.3 Å². The molecule has 140 valence electrons. The number of nitrogens with one attached hydrogen (secondary N) is 1. The van der Waals surface area contributed by atoms with E-state index >= 15 is 0 Å². The molecule has 1 atom stereocenters. The van der Waals surface area contributed by atoms with Crippen molar-refractivity contribution < 1.29 is 4.74 Å². The van der Waals surface area contributed by atoms with Gasteiger partial charge in [-0.05, 0) is 57.1 Å². The lowest BCUT2D eigenvalue weighted by atomic mass is 10.00. The van der Waals surface area contributed by atoms with Crippen LogP contribution in [-0.2, 0) is 0 Å². The lowest BCUT2D eigenvalue weighted by Crippen LogP contribution is -2.24. The van der Waals surface area contributed by atoms with E-state index < -0.39 is 0 Å². The Hall–Kier alpha value is -1.84. The Balaban J connectivity index is 2.71. The summed E-state index contributed by atoms with van der Waals surface area (Å²) in [5, 5.41) is 3.62. The fourth-order valence-electron chi connectivity index (χ4n) is 2.82. The van der Waals surface area contributed by atoms with E-state index in [-0.39, 0.29) is 0 Å². The van der Waals surface area contributed by atoms with Crippen molar-refractivity contribution in [2.24, 2.45) is 11.0 Å². The minimum absolute atomic E-state index is 0.603. The van der Waals surface area contributed by atoms with E-state index in [1.165, 1.54) is 5.57 Å². The number of nitrogens with zero attached hydrogens (tertiary/aromatic N) is 2. The van der Waals surface area contributed by atoms with Gasteiger partial charge >= 0.3 is 0 Å². The van der Waals surface area contributed by atoms with Crippen molar-refractivity contribution in [1.82, 2.24) is 0 Å². The van der Waals surface area contributed by atoms with Gasteiger partial charge in [0.2, 0.25) is 0 Å². The molecule has 1 rings (SSSR count). The second-order valence-corrected chi connectivity index (χ2v) is 6.99. The molecule has 4 heteroatoms. The van der Waals surface area contributed by atoms with Crippen molar-refractivity contribution in [3.8, 4) is 5.75 Å². The smallest absolute Gasteiger partial charge is 0.148 e. The lowest BCUT2D eigenvalue weighted by Gasteiger charge is -2.24. The molecule has 0 aliphatic heterocycles. The van der Waals surface area contributed by atoms with Crippen molar-refractivity contribution in [3.05, 3.63) is 30.4 Å². The van der Waals surface area contributed by atoms with Gasteiger partial charge in [0.1, 0.15) is 11.4 Å². The van der Waals surface area contributed by atoms with Gasteiger partial charge < -0.3 is 9.64 Å². The standard InChI is InChI=1S/C21H35N3O/c1-6-13-24(14-7-2)19-10-11-20(23-22)21(16-19)25-15-12-18(5)9-8-17(3)4/h10-11,16,18,22H,3,6-9,12-15H2,1-2,4-5H3. The van der Waals surface area contributed by atoms with Gasteiger partial charge in [-0.3, -0.25) is 0 Å². The highest BCUT2D eigenvalue weighted by Gasteiger charge is 2.11. The zero-order valence-electron chi connectivity index (χ0n) is 16.5. The van der Waals surface area contributed by atoms with E-state index in [2.05, 4.69) is 44.3 Å².